The van der Waals surface area contributed by atoms with Crippen molar-refractivity contribution in [1.82, 2.24) is 10.2 Å². The maximum atomic E-state index is 10.7. The molecule has 7 heteroatoms. The molecular formula is C8H9N3O3S. The van der Waals surface area contributed by atoms with Gasteiger partial charge in [0.2, 0.25) is 0 Å². The Balaban J connectivity index is 2.72. The molecule has 0 spiro atoms. The van der Waals surface area contributed by atoms with E-state index < -0.39 is 17.1 Å². The van der Waals surface area contributed by atoms with Crippen molar-refractivity contribution in [1.29, 1.82) is 0 Å². The topological polar surface area (TPSA) is 106 Å². The predicted octanol–water partition coefficient (Wildman–Crippen LogP) is 0.141. The summed E-state index contributed by atoms with van der Waals surface area (Å²) in [5.41, 5.74) is 5.03. The van der Waals surface area contributed by atoms with E-state index in [1.54, 1.807) is 0 Å². The monoisotopic (exact) mass is 227 g/mol. The van der Waals surface area contributed by atoms with Gasteiger partial charge in [-0.05, 0) is 19.1 Å². The van der Waals surface area contributed by atoms with Crippen molar-refractivity contribution in [3.63, 3.8) is 0 Å². The van der Waals surface area contributed by atoms with Crippen molar-refractivity contribution in [2.75, 3.05) is 0 Å². The quantitative estimate of drug-likeness (QED) is 0.708. The summed E-state index contributed by atoms with van der Waals surface area (Å²) in [5, 5.41) is 15.7. The molecule has 0 aromatic carbocycles. The van der Waals surface area contributed by atoms with Crippen LogP contribution in [-0.2, 0) is 4.79 Å². The number of amides is 1. The number of nitrogens with zero attached hydrogens (tertiary/aromatic N) is 2. The number of hydrogen-bond acceptors (Lipinski definition) is 5. The van der Waals surface area contributed by atoms with Gasteiger partial charge in [0.15, 0.2) is 5.69 Å². The normalized spacial score (nSPS) is 12.1. The largest absolute Gasteiger partial charge is 0.480 e. The maximum Gasteiger partial charge on any atom is 0.316 e. The minimum Gasteiger partial charge on any atom is -0.480 e. The lowest BCUT2D eigenvalue weighted by Gasteiger charge is -2.03. The second kappa shape index (κ2) is 4.74. The number of thioether (sulfide) groups is 1. The third kappa shape index (κ3) is 3.21. The van der Waals surface area contributed by atoms with Crippen molar-refractivity contribution in [3.05, 3.63) is 17.8 Å². The van der Waals surface area contributed by atoms with Crippen molar-refractivity contribution < 1.29 is 14.7 Å². The minimum absolute atomic E-state index is 0.0577. The number of carboxylic acid groups (broad SMARTS) is 1. The summed E-state index contributed by atoms with van der Waals surface area (Å²) in [6, 6.07) is 2.92. The molecule has 80 valence electrons. The number of primary amides is 1. The molecule has 1 unspecified atom stereocenters. The number of carboxylic acids is 1. The maximum absolute atomic E-state index is 10.7. The second-order valence-corrected chi connectivity index (χ2v) is 4.08. The molecule has 1 rings (SSSR count). The van der Waals surface area contributed by atoms with Gasteiger partial charge in [-0.2, -0.15) is 0 Å². The zero-order valence-corrected chi connectivity index (χ0v) is 8.69. The summed E-state index contributed by atoms with van der Waals surface area (Å²) in [6.07, 6.45) is 0. The highest BCUT2D eigenvalue weighted by molar-refractivity contribution is 8.00. The van der Waals surface area contributed by atoms with Crippen LogP contribution in [0.1, 0.15) is 17.4 Å². The van der Waals surface area contributed by atoms with Crippen LogP contribution >= 0.6 is 11.8 Å². The lowest BCUT2D eigenvalue weighted by molar-refractivity contribution is -0.136. The molecule has 15 heavy (non-hydrogen) atoms. The highest BCUT2D eigenvalue weighted by Gasteiger charge is 2.13. The number of carbonyl (C=O) groups is 2. The highest BCUT2D eigenvalue weighted by Crippen LogP contribution is 2.20. The van der Waals surface area contributed by atoms with Crippen molar-refractivity contribution in [2.24, 2.45) is 5.73 Å². The van der Waals surface area contributed by atoms with Gasteiger partial charge in [0.1, 0.15) is 10.3 Å². The summed E-state index contributed by atoms with van der Waals surface area (Å²) in [4.78, 5) is 21.2. The molecule has 0 fully saturated rings. The van der Waals surface area contributed by atoms with Gasteiger partial charge in [-0.15, -0.1) is 10.2 Å². The summed E-state index contributed by atoms with van der Waals surface area (Å²) in [5.74, 6) is -1.59. The second-order valence-electron chi connectivity index (χ2n) is 2.72. The van der Waals surface area contributed by atoms with E-state index >= 15 is 0 Å². The molecule has 0 saturated heterocycles. The summed E-state index contributed by atoms with van der Waals surface area (Å²) >= 11 is 1.05. The molecule has 6 nitrogen and oxygen atoms in total. The van der Waals surface area contributed by atoms with E-state index in [1.807, 2.05) is 0 Å². The van der Waals surface area contributed by atoms with E-state index in [4.69, 9.17) is 10.8 Å². The Morgan fingerprint density at radius 3 is 2.53 bits per heavy atom. The van der Waals surface area contributed by atoms with Crippen molar-refractivity contribution in [2.45, 2.75) is 17.2 Å². The van der Waals surface area contributed by atoms with Crippen LogP contribution in [0.5, 0.6) is 0 Å². The average molecular weight is 227 g/mol. The molecule has 0 bridgehead atoms. The molecule has 0 aliphatic rings. The van der Waals surface area contributed by atoms with Gasteiger partial charge in [-0.1, -0.05) is 11.8 Å². The number of aliphatic carboxylic acids is 1. The average Bonchev–Trinajstić information content (AvgIpc) is 2.18. The number of rotatable bonds is 4. The standard InChI is InChI=1S/C8H9N3O3S/c1-4(8(13)14)15-6-3-2-5(7(9)12)10-11-6/h2-4H,1H3,(H2,9,12)(H,13,14). The van der Waals surface area contributed by atoms with Crippen LogP contribution in [0, 0.1) is 0 Å². The molecule has 0 aliphatic heterocycles. The first-order valence-corrected chi connectivity index (χ1v) is 4.91. The zero-order chi connectivity index (χ0) is 11.4. The summed E-state index contributed by atoms with van der Waals surface area (Å²) in [6.45, 7) is 1.54. The first-order valence-electron chi connectivity index (χ1n) is 4.03. The van der Waals surface area contributed by atoms with Gasteiger partial charge < -0.3 is 10.8 Å². The number of aromatic nitrogens is 2. The summed E-state index contributed by atoms with van der Waals surface area (Å²) < 4.78 is 0. The van der Waals surface area contributed by atoms with Crippen LogP contribution < -0.4 is 5.73 Å². The van der Waals surface area contributed by atoms with E-state index in [2.05, 4.69) is 10.2 Å². The SMILES string of the molecule is CC(Sc1ccc(C(N)=O)nn1)C(=O)O. The smallest absolute Gasteiger partial charge is 0.316 e. The van der Waals surface area contributed by atoms with Crippen LogP contribution in [0.15, 0.2) is 17.2 Å². The Morgan fingerprint density at radius 1 is 1.47 bits per heavy atom. The fraction of sp³-hybridized carbons (Fsp3) is 0.250. The Kier molecular flexibility index (Phi) is 3.62. The fourth-order valence-electron chi connectivity index (χ4n) is 0.746. The molecule has 0 radical (unpaired) electrons. The molecule has 1 heterocycles. The van der Waals surface area contributed by atoms with Crippen LogP contribution in [0.3, 0.4) is 0 Å². The first kappa shape index (κ1) is 11.4. The van der Waals surface area contributed by atoms with Gasteiger partial charge in [0, 0.05) is 0 Å². The van der Waals surface area contributed by atoms with Gasteiger partial charge in [-0.25, -0.2) is 0 Å². The molecule has 0 aliphatic carbocycles. The molecule has 1 aromatic rings. The van der Waals surface area contributed by atoms with E-state index in [-0.39, 0.29) is 5.69 Å². The Bertz CT molecular complexity index is 379. The number of carbonyl (C=O) groups excluding carboxylic acids is 1. The van der Waals surface area contributed by atoms with Crippen LogP contribution in [0.4, 0.5) is 0 Å². The Hall–Kier alpha value is -1.63. The van der Waals surface area contributed by atoms with E-state index in [1.165, 1.54) is 19.1 Å². The Morgan fingerprint density at radius 2 is 2.13 bits per heavy atom. The van der Waals surface area contributed by atoms with E-state index in [0.29, 0.717) is 5.03 Å². The predicted molar refractivity (Wildman–Crippen MR) is 53.5 cm³/mol. The number of nitrogens with two attached hydrogens (primary N) is 1. The minimum atomic E-state index is -0.930. The fourth-order valence-corrected chi connectivity index (χ4v) is 1.44. The van der Waals surface area contributed by atoms with E-state index in [9.17, 15) is 9.59 Å². The highest BCUT2D eigenvalue weighted by atomic mass is 32.2. The van der Waals surface area contributed by atoms with Gasteiger partial charge in [-0.3, -0.25) is 9.59 Å². The molecular weight excluding hydrogens is 218 g/mol. The van der Waals surface area contributed by atoms with Crippen molar-refractivity contribution in [3.8, 4) is 0 Å². The zero-order valence-electron chi connectivity index (χ0n) is 7.88. The summed E-state index contributed by atoms with van der Waals surface area (Å²) in [7, 11) is 0. The molecule has 1 amide bonds. The van der Waals surface area contributed by atoms with Crippen molar-refractivity contribution >= 4 is 23.6 Å². The first-order chi connectivity index (χ1) is 7.00. The number of hydrogen-bond donors (Lipinski definition) is 2. The van der Waals surface area contributed by atoms with Gasteiger partial charge in [0.05, 0.1) is 0 Å². The van der Waals surface area contributed by atoms with Crippen LogP contribution in [0.25, 0.3) is 0 Å². The Labute approximate surface area is 89.9 Å². The molecule has 3 N–H and O–H groups in total. The van der Waals surface area contributed by atoms with Gasteiger partial charge >= 0.3 is 5.97 Å². The molecule has 1 atom stereocenters. The molecule has 1 aromatic heterocycles. The lowest BCUT2D eigenvalue weighted by atomic mass is 10.4. The lowest BCUT2D eigenvalue weighted by Crippen LogP contribution is -2.14. The van der Waals surface area contributed by atoms with E-state index in [0.717, 1.165) is 11.8 Å². The van der Waals surface area contributed by atoms with Crippen LogP contribution in [-0.4, -0.2) is 32.4 Å². The van der Waals surface area contributed by atoms with Crippen LogP contribution in [0.2, 0.25) is 0 Å². The third-order valence-corrected chi connectivity index (χ3v) is 2.55. The molecule has 0 saturated carbocycles. The van der Waals surface area contributed by atoms with Gasteiger partial charge in [0.25, 0.3) is 5.91 Å². The third-order valence-electron chi connectivity index (χ3n) is 1.54.